The quantitative estimate of drug-likeness (QED) is 0.633. The molecule has 19 heavy (non-hydrogen) atoms. The summed E-state index contributed by atoms with van der Waals surface area (Å²) in [4.78, 5) is 12.0. The standard InChI is InChI=1S/C15H23NO3/c1-14(2,15(3,4)16)13(17)19-11-10-18-12-8-6-5-7-9-12/h5-9H,10-11,16H2,1-4H3. The summed E-state index contributed by atoms with van der Waals surface area (Å²) in [7, 11) is 0. The SMILES string of the molecule is CC(C)(N)C(C)(C)C(=O)OCCOc1ccccc1. The van der Waals surface area contributed by atoms with E-state index in [1.165, 1.54) is 0 Å². The average Bonchev–Trinajstić information content (AvgIpc) is 2.34. The lowest BCUT2D eigenvalue weighted by Crippen LogP contribution is -2.52. The van der Waals surface area contributed by atoms with Gasteiger partial charge >= 0.3 is 5.97 Å². The summed E-state index contributed by atoms with van der Waals surface area (Å²) < 4.78 is 10.7. The van der Waals surface area contributed by atoms with Crippen LogP contribution in [-0.4, -0.2) is 24.7 Å². The summed E-state index contributed by atoms with van der Waals surface area (Å²) in [6.45, 7) is 7.74. The molecule has 0 bridgehead atoms. The summed E-state index contributed by atoms with van der Waals surface area (Å²) in [5.41, 5.74) is 4.61. The fourth-order valence-corrected chi connectivity index (χ4v) is 1.25. The molecule has 2 N–H and O–H groups in total. The first-order chi connectivity index (χ1) is 8.75. The molecule has 4 nitrogen and oxygen atoms in total. The summed E-state index contributed by atoms with van der Waals surface area (Å²) in [5.74, 6) is 0.452. The smallest absolute Gasteiger partial charge is 0.313 e. The highest BCUT2D eigenvalue weighted by Gasteiger charge is 2.41. The zero-order chi connectivity index (χ0) is 14.5. The van der Waals surface area contributed by atoms with Crippen LogP contribution in [-0.2, 0) is 9.53 Å². The second-order valence-corrected chi connectivity index (χ2v) is 5.64. The normalized spacial score (nSPS) is 12.1. The van der Waals surface area contributed by atoms with Crippen LogP contribution in [0.4, 0.5) is 0 Å². The van der Waals surface area contributed by atoms with Crippen molar-refractivity contribution in [2.24, 2.45) is 11.1 Å². The second kappa shape index (κ2) is 6.06. The molecule has 1 aromatic carbocycles. The predicted molar refractivity (Wildman–Crippen MR) is 74.9 cm³/mol. The van der Waals surface area contributed by atoms with E-state index < -0.39 is 11.0 Å². The van der Waals surface area contributed by atoms with Gasteiger partial charge in [-0.15, -0.1) is 0 Å². The van der Waals surface area contributed by atoms with Crippen molar-refractivity contribution in [3.63, 3.8) is 0 Å². The fourth-order valence-electron chi connectivity index (χ4n) is 1.25. The van der Waals surface area contributed by atoms with Gasteiger partial charge in [0.15, 0.2) is 0 Å². The number of esters is 1. The third kappa shape index (κ3) is 4.24. The van der Waals surface area contributed by atoms with Crippen molar-refractivity contribution >= 4 is 5.97 Å². The summed E-state index contributed by atoms with van der Waals surface area (Å²) in [6, 6.07) is 9.41. The molecule has 0 fully saturated rings. The Balaban J connectivity index is 2.36. The molecule has 1 rings (SSSR count). The van der Waals surface area contributed by atoms with Crippen molar-refractivity contribution in [3.8, 4) is 5.75 Å². The molecule has 106 valence electrons. The Labute approximate surface area is 114 Å². The minimum atomic E-state index is -0.736. The fraction of sp³-hybridized carbons (Fsp3) is 0.533. The Bertz CT molecular complexity index is 407. The van der Waals surface area contributed by atoms with Gasteiger partial charge in [-0.3, -0.25) is 4.79 Å². The van der Waals surface area contributed by atoms with Crippen molar-refractivity contribution in [2.75, 3.05) is 13.2 Å². The third-order valence-electron chi connectivity index (χ3n) is 3.45. The number of benzene rings is 1. The van der Waals surface area contributed by atoms with Crippen LogP contribution in [0.15, 0.2) is 30.3 Å². The van der Waals surface area contributed by atoms with E-state index in [2.05, 4.69) is 0 Å². The van der Waals surface area contributed by atoms with Gasteiger partial charge in [-0.25, -0.2) is 0 Å². The monoisotopic (exact) mass is 265 g/mol. The van der Waals surface area contributed by atoms with E-state index in [0.717, 1.165) is 5.75 Å². The number of rotatable bonds is 6. The molecule has 0 aromatic heterocycles. The number of para-hydroxylation sites is 1. The van der Waals surface area contributed by atoms with Crippen LogP contribution < -0.4 is 10.5 Å². The lowest BCUT2D eigenvalue weighted by molar-refractivity contribution is -0.158. The Kier molecular flexibility index (Phi) is 4.95. The van der Waals surface area contributed by atoms with E-state index in [0.29, 0.717) is 6.61 Å². The lowest BCUT2D eigenvalue weighted by atomic mass is 9.75. The van der Waals surface area contributed by atoms with Gasteiger partial charge in [-0.05, 0) is 39.8 Å². The molecule has 4 heteroatoms. The highest BCUT2D eigenvalue weighted by Crippen LogP contribution is 2.29. The molecule has 0 aliphatic rings. The van der Waals surface area contributed by atoms with Crippen LogP contribution in [0, 0.1) is 5.41 Å². The summed E-state index contributed by atoms with van der Waals surface area (Å²) in [6.07, 6.45) is 0. The number of carbonyl (C=O) groups excluding carboxylic acids is 1. The van der Waals surface area contributed by atoms with Gasteiger partial charge in [0, 0.05) is 5.54 Å². The van der Waals surface area contributed by atoms with Crippen LogP contribution in [0.2, 0.25) is 0 Å². The zero-order valence-corrected chi connectivity index (χ0v) is 12.1. The lowest BCUT2D eigenvalue weighted by Gasteiger charge is -2.35. The number of hydrogen-bond donors (Lipinski definition) is 1. The molecule has 0 saturated heterocycles. The number of nitrogens with two attached hydrogens (primary N) is 1. The van der Waals surface area contributed by atoms with E-state index >= 15 is 0 Å². The molecule has 0 aliphatic carbocycles. The van der Waals surface area contributed by atoms with Crippen LogP contribution in [0.3, 0.4) is 0 Å². The average molecular weight is 265 g/mol. The first-order valence-corrected chi connectivity index (χ1v) is 6.39. The number of ether oxygens (including phenoxy) is 2. The third-order valence-corrected chi connectivity index (χ3v) is 3.45. The van der Waals surface area contributed by atoms with Gasteiger partial charge in [-0.1, -0.05) is 18.2 Å². The van der Waals surface area contributed by atoms with Crippen LogP contribution in [0.5, 0.6) is 5.75 Å². The molecule has 0 saturated carbocycles. The van der Waals surface area contributed by atoms with Crippen molar-refractivity contribution in [2.45, 2.75) is 33.2 Å². The second-order valence-electron chi connectivity index (χ2n) is 5.64. The van der Waals surface area contributed by atoms with E-state index in [9.17, 15) is 4.79 Å². The largest absolute Gasteiger partial charge is 0.490 e. The maximum atomic E-state index is 12.0. The van der Waals surface area contributed by atoms with Gasteiger partial charge in [0.1, 0.15) is 19.0 Å². The molecule has 1 aromatic rings. The van der Waals surface area contributed by atoms with E-state index in [4.69, 9.17) is 15.2 Å². The Morgan fingerprint density at radius 2 is 1.68 bits per heavy atom. The van der Waals surface area contributed by atoms with Gasteiger partial charge < -0.3 is 15.2 Å². The molecular weight excluding hydrogens is 242 g/mol. The Morgan fingerprint density at radius 1 is 1.11 bits per heavy atom. The van der Waals surface area contributed by atoms with Gasteiger partial charge in [0.25, 0.3) is 0 Å². The molecular formula is C15H23NO3. The molecule has 0 unspecified atom stereocenters. The van der Waals surface area contributed by atoms with Gasteiger partial charge in [0.2, 0.25) is 0 Å². The van der Waals surface area contributed by atoms with E-state index in [1.807, 2.05) is 44.2 Å². The van der Waals surface area contributed by atoms with Crippen LogP contribution in [0.25, 0.3) is 0 Å². The topological polar surface area (TPSA) is 61.6 Å². The Morgan fingerprint density at radius 3 is 2.21 bits per heavy atom. The van der Waals surface area contributed by atoms with E-state index in [1.54, 1.807) is 13.8 Å². The van der Waals surface area contributed by atoms with Crippen molar-refractivity contribution < 1.29 is 14.3 Å². The van der Waals surface area contributed by atoms with Crippen LogP contribution in [0.1, 0.15) is 27.7 Å². The molecule has 0 amide bonds. The molecule has 0 aliphatic heterocycles. The zero-order valence-electron chi connectivity index (χ0n) is 12.1. The summed E-state index contributed by atoms with van der Waals surface area (Å²) >= 11 is 0. The highest BCUT2D eigenvalue weighted by molar-refractivity contribution is 5.77. The predicted octanol–water partition coefficient (Wildman–Crippen LogP) is 2.37. The van der Waals surface area contributed by atoms with Crippen molar-refractivity contribution in [1.82, 2.24) is 0 Å². The molecule has 0 radical (unpaired) electrons. The van der Waals surface area contributed by atoms with E-state index in [-0.39, 0.29) is 12.6 Å². The maximum absolute atomic E-state index is 12.0. The van der Waals surface area contributed by atoms with Crippen molar-refractivity contribution in [1.29, 1.82) is 0 Å². The number of hydrogen-bond acceptors (Lipinski definition) is 4. The molecule has 0 atom stereocenters. The van der Waals surface area contributed by atoms with Gasteiger partial charge in [-0.2, -0.15) is 0 Å². The van der Waals surface area contributed by atoms with Gasteiger partial charge in [0.05, 0.1) is 5.41 Å². The van der Waals surface area contributed by atoms with Crippen LogP contribution >= 0.6 is 0 Å². The first kappa shape index (κ1) is 15.5. The minimum absolute atomic E-state index is 0.216. The Hall–Kier alpha value is -1.55. The summed E-state index contributed by atoms with van der Waals surface area (Å²) in [5, 5.41) is 0. The molecule has 0 heterocycles. The van der Waals surface area contributed by atoms with Crippen molar-refractivity contribution in [3.05, 3.63) is 30.3 Å². The maximum Gasteiger partial charge on any atom is 0.313 e. The first-order valence-electron chi connectivity index (χ1n) is 6.39. The minimum Gasteiger partial charge on any atom is -0.490 e. The number of carbonyl (C=O) groups is 1. The highest BCUT2D eigenvalue weighted by atomic mass is 16.6. The molecule has 0 spiro atoms.